The normalized spacial score (nSPS) is 11.9. The van der Waals surface area contributed by atoms with Gasteiger partial charge in [0.1, 0.15) is 0 Å². The zero-order valence-corrected chi connectivity index (χ0v) is 30.4. The van der Waals surface area contributed by atoms with E-state index in [1.807, 2.05) is 18.3 Å². The minimum absolute atomic E-state index is 0.852. The van der Waals surface area contributed by atoms with Gasteiger partial charge in [0.05, 0.1) is 23.3 Å². The van der Waals surface area contributed by atoms with Gasteiger partial charge in [-0.3, -0.25) is 4.98 Å². The van der Waals surface area contributed by atoms with Crippen molar-refractivity contribution in [2.45, 2.75) is 0 Å². The van der Waals surface area contributed by atoms with E-state index in [1.54, 1.807) is 0 Å². The Labute approximate surface area is 323 Å². The van der Waals surface area contributed by atoms with E-state index in [9.17, 15) is 0 Å². The molecule has 2 nitrogen and oxygen atoms in total. The van der Waals surface area contributed by atoms with Gasteiger partial charge < -0.3 is 0 Å². The van der Waals surface area contributed by atoms with Crippen molar-refractivity contribution in [3.05, 3.63) is 194 Å². The summed E-state index contributed by atoms with van der Waals surface area (Å²) in [6, 6.07) is 68.3. The van der Waals surface area contributed by atoms with Gasteiger partial charge in [0, 0.05) is 16.7 Å². The second-order valence-electron chi connectivity index (χ2n) is 14.8. The number of fused-ring (bicyclic) bond motifs is 3. The minimum atomic E-state index is 0.852. The van der Waals surface area contributed by atoms with E-state index in [0.717, 1.165) is 39.2 Å². The van der Waals surface area contributed by atoms with Crippen molar-refractivity contribution in [1.82, 2.24) is 9.97 Å². The van der Waals surface area contributed by atoms with E-state index in [0.29, 0.717) is 0 Å². The second-order valence-corrected chi connectivity index (χ2v) is 14.8. The molecule has 0 aliphatic rings. The molecule has 0 bridgehead atoms. The van der Waals surface area contributed by atoms with Gasteiger partial charge >= 0.3 is 0 Å². The summed E-state index contributed by atoms with van der Waals surface area (Å²) in [6.07, 6.45) is 1.94. The highest BCUT2D eigenvalue weighted by Crippen LogP contribution is 2.47. The van der Waals surface area contributed by atoms with Gasteiger partial charge in [-0.1, -0.05) is 182 Å². The summed E-state index contributed by atoms with van der Waals surface area (Å²) in [5, 5.41) is 17.8. The molecule has 0 saturated carbocycles. The van der Waals surface area contributed by atoms with Crippen LogP contribution in [0.1, 0.15) is 0 Å². The van der Waals surface area contributed by atoms with E-state index < -0.39 is 0 Å². The first-order chi connectivity index (χ1) is 27.8. The molecule has 0 unspecified atom stereocenters. The molecule has 0 saturated heterocycles. The molecule has 0 atom stereocenters. The van der Waals surface area contributed by atoms with Crippen molar-refractivity contribution in [2.24, 2.45) is 0 Å². The number of hydrogen-bond donors (Lipinski definition) is 0. The van der Waals surface area contributed by atoms with E-state index in [2.05, 4.69) is 176 Å². The van der Waals surface area contributed by atoms with Crippen LogP contribution < -0.4 is 0 Å². The third-order valence-electron chi connectivity index (χ3n) is 11.8. The van der Waals surface area contributed by atoms with Crippen LogP contribution in [0.5, 0.6) is 0 Å². The van der Waals surface area contributed by atoms with Crippen molar-refractivity contribution in [1.29, 1.82) is 0 Å². The number of rotatable bonds is 4. The molecule has 1 heterocycles. The van der Waals surface area contributed by atoms with Gasteiger partial charge in [0.2, 0.25) is 0 Å². The Morgan fingerprint density at radius 3 is 1.39 bits per heavy atom. The number of aromatic nitrogens is 2. The van der Waals surface area contributed by atoms with Crippen LogP contribution in [0.2, 0.25) is 0 Å². The van der Waals surface area contributed by atoms with Crippen LogP contribution in [-0.2, 0) is 0 Å². The van der Waals surface area contributed by atoms with Crippen LogP contribution >= 0.6 is 0 Å². The SMILES string of the molecule is c1ccc(-c2ncc(-c3ccc(-c4cc5cccc6c7cccc8ccc9cccc(c%10cccc4c%10c56)c9c87)c4ccccc34)nc2-c2ccccc2)cc1. The third kappa shape index (κ3) is 4.50. The lowest BCUT2D eigenvalue weighted by molar-refractivity contribution is 1.21. The van der Waals surface area contributed by atoms with Gasteiger partial charge in [-0.2, -0.15) is 0 Å². The number of hydrogen-bond acceptors (Lipinski definition) is 2. The Hall–Kier alpha value is -7.42. The van der Waals surface area contributed by atoms with E-state index in [1.165, 1.54) is 81.1 Å². The average molecular weight is 709 g/mol. The Morgan fingerprint density at radius 2 is 0.750 bits per heavy atom. The lowest BCUT2D eigenvalue weighted by atomic mass is 9.84. The first-order valence-corrected chi connectivity index (χ1v) is 19.2. The molecule has 2 heteroatoms. The molecule has 0 radical (unpaired) electrons. The zero-order valence-electron chi connectivity index (χ0n) is 30.4. The summed E-state index contributed by atoms with van der Waals surface area (Å²) in [5.74, 6) is 0. The Morgan fingerprint density at radius 1 is 0.286 bits per heavy atom. The predicted molar refractivity (Wildman–Crippen MR) is 238 cm³/mol. The maximum absolute atomic E-state index is 5.37. The predicted octanol–water partition coefficient (Wildman–Crippen LogP) is 14.7. The molecule has 1 aromatic heterocycles. The molecular formula is C54H32N2. The highest BCUT2D eigenvalue weighted by atomic mass is 14.8. The van der Waals surface area contributed by atoms with Crippen molar-refractivity contribution in [3.8, 4) is 44.9 Å². The lowest BCUT2D eigenvalue weighted by Crippen LogP contribution is -1.97. The summed E-state index contributed by atoms with van der Waals surface area (Å²) in [4.78, 5) is 10.5. The topological polar surface area (TPSA) is 25.8 Å². The quantitative estimate of drug-likeness (QED) is 0.170. The zero-order chi connectivity index (χ0) is 36.7. The first kappa shape index (κ1) is 31.0. The van der Waals surface area contributed by atoms with Crippen LogP contribution in [0.15, 0.2) is 194 Å². The molecule has 0 spiro atoms. The highest BCUT2D eigenvalue weighted by molar-refractivity contribution is 6.38. The number of nitrogens with zero attached hydrogens (tertiary/aromatic N) is 2. The van der Waals surface area contributed by atoms with Crippen molar-refractivity contribution in [2.75, 3.05) is 0 Å². The minimum Gasteiger partial charge on any atom is -0.252 e. The van der Waals surface area contributed by atoms with Crippen molar-refractivity contribution >= 4 is 75.4 Å². The van der Waals surface area contributed by atoms with Gasteiger partial charge in [-0.05, 0) is 92.6 Å². The molecule has 11 aromatic carbocycles. The van der Waals surface area contributed by atoms with Gasteiger partial charge in [0.15, 0.2) is 0 Å². The first-order valence-electron chi connectivity index (χ1n) is 19.2. The van der Waals surface area contributed by atoms with E-state index in [4.69, 9.17) is 9.97 Å². The van der Waals surface area contributed by atoms with Crippen LogP contribution in [-0.4, -0.2) is 9.97 Å². The maximum atomic E-state index is 5.37. The standard InChI is InChI=1S/C54H32N2/c1-3-13-35(14-4-1)53-54(36-15-5-2-6-16-36)56-48(32-55-53)41-30-29-40(38-20-7-8-21-39(38)41)47-31-37-19-11-24-43-42-22-9-17-33-27-28-34-18-10-23-44(50(34)49(33)42)45-25-12-26-46(47)52(45)51(37)43/h1-32H. The fourth-order valence-corrected chi connectivity index (χ4v) is 9.41. The summed E-state index contributed by atoms with van der Waals surface area (Å²) in [7, 11) is 0. The van der Waals surface area contributed by atoms with Crippen LogP contribution in [0.4, 0.5) is 0 Å². The average Bonchev–Trinajstić information content (AvgIpc) is 3.27. The molecule has 258 valence electrons. The fraction of sp³-hybridized carbons (Fsp3) is 0. The molecule has 0 N–H and O–H groups in total. The smallest absolute Gasteiger partial charge is 0.0972 e. The number of benzene rings is 10. The third-order valence-corrected chi connectivity index (χ3v) is 11.8. The molecule has 12 aromatic rings. The molecule has 56 heavy (non-hydrogen) atoms. The van der Waals surface area contributed by atoms with Crippen molar-refractivity contribution in [3.63, 3.8) is 0 Å². The summed E-state index contributed by atoms with van der Waals surface area (Å²) < 4.78 is 0. The summed E-state index contributed by atoms with van der Waals surface area (Å²) in [6.45, 7) is 0. The maximum Gasteiger partial charge on any atom is 0.0972 e. The Kier molecular flexibility index (Phi) is 6.66. The van der Waals surface area contributed by atoms with Crippen LogP contribution in [0.25, 0.3) is 120 Å². The molecule has 12 rings (SSSR count). The molecule has 0 aliphatic carbocycles. The lowest BCUT2D eigenvalue weighted by Gasteiger charge is -2.19. The monoisotopic (exact) mass is 708 g/mol. The van der Waals surface area contributed by atoms with Gasteiger partial charge in [-0.15, -0.1) is 0 Å². The second kappa shape index (κ2) is 12.0. The van der Waals surface area contributed by atoms with Gasteiger partial charge in [0.25, 0.3) is 0 Å². The summed E-state index contributed by atoms with van der Waals surface area (Å²) >= 11 is 0. The van der Waals surface area contributed by atoms with E-state index >= 15 is 0 Å². The fourth-order valence-electron chi connectivity index (χ4n) is 9.41. The molecule has 0 fully saturated rings. The Bertz CT molecular complexity index is 3510. The van der Waals surface area contributed by atoms with Crippen LogP contribution in [0, 0.1) is 0 Å². The van der Waals surface area contributed by atoms with Crippen LogP contribution in [0.3, 0.4) is 0 Å². The molecular weight excluding hydrogens is 677 g/mol. The summed E-state index contributed by atoms with van der Waals surface area (Å²) in [5.41, 5.74) is 8.19. The van der Waals surface area contributed by atoms with Gasteiger partial charge in [-0.25, -0.2) is 4.98 Å². The molecule has 0 aliphatic heterocycles. The highest BCUT2D eigenvalue weighted by Gasteiger charge is 2.20. The Balaban J connectivity index is 1.15. The molecule has 0 amide bonds. The van der Waals surface area contributed by atoms with E-state index in [-0.39, 0.29) is 0 Å². The largest absolute Gasteiger partial charge is 0.252 e. The van der Waals surface area contributed by atoms with Crippen molar-refractivity contribution < 1.29 is 0 Å².